The monoisotopic (exact) mass is 364 g/mol. The smallest absolute Gasteiger partial charge is 0.373 e. The predicted molar refractivity (Wildman–Crippen MR) is 89.2 cm³/mol. The zero-order chi connectivity index (χ0) is 19.7. The summed E-state index contributed by atoms with van der Waals surface area (Å²) in [4.78, 5) is 45.2. The summed E-state index contributed by atoms with van der Waals surface area (Å²) in [5.74, 6) is -5.36. The van der Waals surface area contributed by atoms with E-state index in [-0.39, 0.29) is 0 Å². The second kappa shape index (κ2) is 9.47. The van der Waals surface area contributed by atoms with Gasteiger partial charge in [-0.2, -0.15) is 0 Å². The molecule has 0 unspecified atom stereocenters. The molecule has 0 atom stereocenters. The Morgan fingerprint density at radius 1 is 0.769 bits per heavy atom. The van der Waals surface area contributed by atoms with Gasteiger partial charge in [-0.05, 0) is 24.3 Å². The molecule has 0 aromatic heterocycles. The van der Waals surface area contributed by atoms with Crippen LogP contribution < -0.4 is 10.6 Å². The molecule has 26 heavy (non-hydrogen) atoms. The lowest BCUT2D eigenvalue weighted by Crippen LogP contribution is -2.13. The molecule has 0 aliphatic heterocycles. The van der Waals surface area contributed by atoms with Gasteiger partial charge in [-0.25, -0.2) is 9.59 Å². The van der Waals surface area contributed by atoms with Gasteiger partial charge in [0.1, 0.15) is 0 Å². The number of ether oxygens (including phenoxy) is 2. The highest BCUT2D eigenvalue weighted by atomic mass is 16.5. The summed E-state index contributed by atoms with van der Waals surface area (Å²) >= 11 is 0. The van der Waals surface area contributed by atoms with Gasteiger partial charge in [0.2, 0.25) is 11.5 Å². The lowest BCUT2D eigenvalue weighted by Gasteiger charge is -2.06. The van der Waals surface area contributed by atoms with Crippen molar-refractivity contribution in [2.75, 3.05) is 24.9 Å². The first kappa shape index (κ1) is 20.2. The number of carbonyl (C=O) groups excluding carboxylic acids is 4. The number of anilines is 2. The molecule has 2 amide bonds. The van der Waals surface area contributed by atoms with Gasteiger partial charge in [0.05, 0.1) is 26.4 Å². The van der Waals surface area contributed by atoms with Crippen molar-refractivity contribution in [2.45, 2.75) is 0 Å². The van der Waals surface area contributed by atoms with Crippen molar-refractivity contribution in [3.8, 4) is 0 Å². The van der Waals surface area contributed by atoms with Crippen molar-refractivity contribution in [1.29, 1.82) is 0 Å². The van der Waals surface area contributed by atoms with E-state index < -0.39 is 35.3 Å². The molecule has 0 fully saturated rings. The first-order chi connectivity index (χ1) is 12.3. The molecule has 0 saturated heterocycles. The van der Waals surface area contributed by atoms with Crippen LogP contribution in [0.25, 0.3) is 0 Å². The van der Waals surface area contributed by atoms with Gasteiger partial charge in [-0.3, -0.25) is 9.59 Å². The zero-order valence-electron chi connectivity index (χ0n) is 13.8. The Morgan fingerprint density at radius 2 is 1.08 bits per heavy atom. The highest BCUT2D eigenvalue weighted by molar-refractivity contribution is 6.05. The number of aliphatic hydroxyl groups excluding tert-OH is 2. The second-order valence-electron chi connectivity index (χ2n) is 4.60. The molecule has 0 aliphatic rings. The molecule has 0 heterocycles. The number of benzene rings is 1. The van der Waals surface area contributed by atoms with E-state index >= 15 is 0 Å². The topological polar surface area (TPSA) is 151 Å². The lowest BCUT2D eigenvalue weighted by molar-refractivity contribution is -0.140. The van der Waals surface area contributed by atoms with Crippen LogP contribution in [0, 0.1) is 0 Å². The lowest BCUT2D eigenvalue weighted by atomic mass is 10.2. The highest BCUT2D eigenvalue weighted by Gasteiger charge is 2.11. The van der Waals surface area contributed by atoms with Crippen molar-refractivity contribution < 1.29 is 38.9 Å². The van der Waals surface area contributed by atoms with Crippen LogP contribution in [0.5, 0.6) is 0 Å². The summed E-state index contributed by atoms with van der Waals surface area (Å²) in [6.45, 7) is 0. The van der Waals surface area contributed by atoms with Crippen molar-refractivity contribution >= 4 is 35.1 Å². The quantitative estimate of drug-likeness (QED) is 0.328. The molecule has 10 nitrogen and oxygen atoms in total. The van der Waals surface area contributed by atoms with Crippen LogP contribution in [0.1, 0.15) is 0 Å². The molecule has 0 radical (unpaired) electrons. The number of amides is 2. The highest BCUT2D eigenvalue weighted by Crippen LogP contribution is 2.14. The maximum atomic E-state index is 11.6. The first-order valence-corrected chi connectivity index (χ1v) is 6.96. The molecule has 1 aromatic carbocycles. The van der Waals surface area contributed by atoms with Crippen molar-refractivity contribution in [3.05, 3.63) is 47.9 Å². The third-order valence-corrected chi connectivity index (χ3v) is 2.74. The zero-order valence-corrected chi connectivity index (χ0v) is 13.8. The standard InChI is InChI=1S/C16H16N2O8/c1-25-15(23)11(19)7-13(21)17-9-3-5-10(6-4-9)18-14(22)8-12(20)16(24)26-2/h3-8,19-20H,1-2H3,(H,17,21)(H,18,22)/b11-7+,12-8+. The number of rotatable bonds is 6. The van der Waals surface area contributed by atoms with Crippen LogP contribution in [0.4, 0.5) is 11.4 Å². The van der Waals surface area contributed by atoms with Crippen molar-refractivity contribution in [2.24, 2.45) is 0 Å². The van der Waals surface area contributed by atoms with E-state index in [4.69, 9.17) is 0 Å². The van der Waals surface area contributed by atoms with Crippen LogP contribution in [-0.2, 0) is 28.7 Å². The molecule has 0 bridgehead atoms. The number of methoxy groups -OCH3 is 2. The summed E-state index contributed by atoms with van der Waals surface area (Å²) in [5.41, 5.74) is 0.629. The SMILES string of the molecule is COC(=O)/C(O)=C\C(=O)Nc1ccc(NC(=O)/C=C(/O)C(=O)OC)cc1. The Hall–Kier alpha value is -3.82. The molecular formula is C16H16N2O8. The molecule has 4 N–H and O–H groups in total. The average Bonchev–Trinajstić information content (AvgIpc) is 2.61. The van der Waals surface area contributed by atoms with Gasteiger partial charge in [0.25, 0.3) is 11.8 Å². The molecule has 0 spiro atoms. The van der Waals surface area contributed by atoms with Crippen LogP contribution in [0.2, 0.25) is 0 Å². The molecule has 10 heteroatoms. The van der Waals surface area contributed by atoms with E-state index in [0.717, 1.165) is 14.2 Å². The fraction of sp³-hybridized carbons (Fsp3) is 0.125. The Bertz CT molecular complexity index is 700. The predicted octanol–water partition coefficient (Wildman–Crippen LogP) is 0.793. The minimum Gasteiger partial charge on any atom is -0.502 e. The Labute approximate surface area is 147 Å². The molecule has 1 aromatic rings. The van der Waals surface area contributed by atoms with Crippen molar-refractivity contribution in [1.82, 2.24) is 0 Å². The van der Waals surface area contributed by atoms with Crippen LogP contribution in [0.3, 0.4) is 0 Å². The number of esters is 2. The van der Waals surface area contributed by atoms with E-state index in [0.29, 0.717) is 23.5 Å². The fourth-order valence-electron chi connectivity index (χ4n) is 1.57. The van der Waals surface area contributed by atoms with E-state index in [2.05, 4.69) is 20.1 Å². The second-order valence-corrected chi connectivity index (χ2v) is 4.60. The third-order valence-electron chi connectivity index (χ3n) is 2.74. The van der Waals surface area contributed by atoms with Crippen LogP contribution in [0.15, 0.2) is 47.9 Å². The molecule has 0 saturated carbocycles. The largest absolute Gasteiger partial charge is 0.502 e. The normalized spacial score (nSPS) is 11.3. The van der Waals surface area contributed by atoms with Gasteiger partial charge in [0, 0.05) is 11.4 Å². The summed E-state index contributed by atoms with van der Waals surface area (Å²) < 4.78 is 8.47. The van der Waals surface area contributed by atoms with Gasteiger partial charge in [0.15, 0.2) is 0 Å². The number of hydrogen-bond acceptors (Lipinski definition) is 8. The number of aliphatic hydroxyl groups is 2. The summed E-state index contributed by atoms with van der Waals surface area (Å²) in [6.07, 6.45) is 1.31. The molecular weight excluding hydrogens is 348 g/mol. The number of nitrogens with one attached hydrogen (secondary N) is 2. The van der Waals surface area contributed by atoms with E-state index in [1.54, 1.807) is 0 Å². The Balaban J connectivity index is 2.69. The third kappa shape index (κ3) is 6.35. The average molecular weight is 364 g/mol. The number of hydrogen-bond donors (Lipinski definition) is 4. The minimum atomic E-state index is -1.05. The van der Waals surface area contributed by atoms with Crippen molar-refractivity contribution in [3.63, 3.8) is 0 Å². The molecule has 0 aliphatic carbocycles. The molecule has 138 valence electrons. The van der Waals surface area contributed by atoms with Gasteiger partial charge >= 0.3 is 11.9 Å². The van der Waals surface area contributed by atoms with Crippen LogP contribution in [-0.4, -0.2) is 48.2 Å². The Morgan fingerprint density at radius 3 is 1.35 bits per heavy atom. The minimum absolute atomic E-state index is 0.315. The maximum Gasteiger partial charge on any atom is 0.373 e. The maximum absolute atomic E-state index is 11.6. The first-order valence-electron chi connectivity index (χ1n) is 6.96. The van der Waals surface area contributed by atoms with E-state index in [9.17, 15) is 29.4 Å². The van der Waals surface area contributed by atoms with Gasteiger partial charge < -0.3 is 30.3 Å². The molecule has 1 rings (SSSR count). The fourth-order valence-corrected chi connectivity index (χ4v) is 1.57. The van der Waals surface area contributed by atoms with Gasteiger partial charge in [-0.15, -0.1) is 0 Å². The summed E-state index contributed by atoms with van der Waals surface area (Å²) in [5, 5.41) is 23.3. The summed E-state index contributed by atoms with van der Waals surface area (Å²) in [7, 11) is 2.11. The van der Waals surface area contributed by atoms with Gasteiger partial charge in [-0.1, -0.05) is 0 Å². The Kier molecular flexibility index (Phi) is 7.37. The van der Waals surface area contributed by atoms with Crippen LogP contribution >= 0.6 is 0 Å². The van der Waals surface area contributed by atoms with E-state index in [1.807, 2.05) is 0 Å². The van der Waals surface area contributed by atoms with E-state index in [1.165, 1.54) is 24.3 Å². The summed E-state index contributed by atoms with van der Waals surface area (Å²) in [6, 6.07) is 5.72. The number of carbonyl (C=O) groups is 4.